The maximum Gasteiger partial charge on any atom is 0.231 e. The topological polar surface area (TPSA) is 76.7 Å². The number of rotatable bonds is 5. The first-order valence-corrected chi connectivity index (χ1v) is 6.69. The van der Waals surface area contributed by atoms with Gasteiger partial charge in [0, 0.05) is 30.6 Å². The number of carbonyl (C=O) groups excluding carboxylic acids is 2. The number of nitrogens with one attached hydrogen (secondary N) is 2. The average molecular weight is 276 g/mol. The summed E-state index contributed by atoms with van der Waals surface area (Å²) in [7, 11) is 0. The molecule has 20 heavy (non-hydrogen) atoms. The van der Waals surface area contributed by atoms with Gasteiger partial charge in [0.05, 0.1) is 0 Å². The van der Waals surface area contributed by atoms with Crippen LogP contribution in [0.15, 0.2) is 18.2 Å². The van der Waals surface area contributed by atoms with Gasteiger partial charge in [-0.25, -0.2) is 0 Å². The van der Waals surface area contributed by atoms with Crippen LogP contribution in [0.3, 0.4) is 0 Å². The number of hydrogen-bond donors (Lipinski definition) is 2. The second-order valence-electron chi connectivity index (χ2n) is 4.93. The largest absolute Gasteiger partial charge is 0.454 e. The monoisotopic (exact) mass is 276 g/mol. The smallest absolute Gasteiger partial charge is 0.231 e. The molecule has 1 heterocycles. The van der Waals surface area contributed by atoms with Crippen LogP contribution in [0.4, 0.5) is 5.69 Å². The maximum atomic E-state index is 11.7. The van der Waals surface area contributed by atoms with Gasteiger partial charge in [-0.1, -0.05) is 0 Å². The van der Waals surface area contributed by atoms with Gasteiger partial charge in [-0.3, -0.25) is 9.59 Å². The highest BCUT2D eigenvalue weighted by molar-refractivity contribution is 5.91. The quantitative estimate of drug-likeness (QED) is 0.849. The molecule has 1 saturated carbocycles. The first-order chi connectivity index (χ1) is 9.72. The molecule has 0 radical (unpaired) electrons. The van der Waals surface area contributed by atoms with Crippen LogP contribution in [-0.2, 0) is 9.59 Å². The molecule has 0 bridgehead atoms. The number of amides is 2. The van der Waals surface area contributed by atoms with E-state index in [1.807, 2.05) is 0 Å². The fourth-order valence-corrected chi connectivity index (χ4v) is 1.99. The number of fused-ring (bicyclic) bond motifs is 1. The molecule has 0 saturated heterocycles. The maximum absolute atomic E-state index is 11.7. The van der Waals surface area contributed by atoms with Gasteiger partial charge in [0.25, 0.3) is 0 Å². The minimum atomic E-state index is -0.139. The van der Waals surface area contributed by atoms with Crippen molar-refractivity contribution in [1.29, 1.82) is 0 Å². The SMILES string of the molecule is O=C(CCNC(=O)C1CC1)Nc1ccc2c(c1)OCO2. The van der Waals surface area contributed by atoms with E-state index in [0.717, 1.165) is 12.8 Å². The molecule has 2 amide bonds. The summed E-state index contributed by atoms with van der Waals surface area (Å²) < 4.78 is 10.4. The van der Waals surface area contributed by atoms with E-state index in [1.165, 1.54) is 0 Å². The molecule has 106 valence electrons. The van der Waals surface area contributed by atoms with E-state index in [-0.39, 0.29) is 30.9 Å². The second-order valence-corrected chi connectivity index (χ2v) is 4.93. The minimum absolute atomic E-state index is 0.0564. The second kappa shape index (κ2) is 5.40. The van der Waals surface area contributed by atoms with E-state index in [9.17, 15) is 9.59 Å². The molecular weight excluding hydrogens is 260 g/mol. The van der Waals surface area contributed by atoms with Crippen LogP contribution in [0.25, 0.3) is 0 Å². The normalized spacial score (nSPS) is 15.8. The highest BCUT2D eigenvalue weighted by atomic mass is 16.7. The minimum Gasteiger partial charge on any atom is -0.454 e. The highest BCUT2D eigenvalue weighted by Crippen LogP contribution is 2.34. The first-order valence-electron chi connectivity index (χ1n) is 6.69. The molecule has 1 aromatic carbocycles. The molecule has 6 heteroatoms. The standard InChI is InChI=1S/C14H16N2O4/c17-13(5-6-15-14(18)9-1-2-9)16-10-3-4-11-12(7-10)20-8-19-11/h3-4,7,9H,1-2,5-6,8H2,(H,15,18)(H,16,17). The van der Waals surface area contributed by atoms with E-state index in [2.05, 4.69) is 10.6 Å². The summed E-state index contributed by atoms with van der Waals surface area (Å²) >= 11 is 0. The molecule has 3 rings (SSSR count). The van der Waals surface area contributed by atoms with Crippen molar-refractivity contribution in [2.45, 2.75) is 19.3 Å². The summed E-state index contributed by atoms with van der Waals surface area (Å²) in [4.78, 5) is 23.1. The number of benzene rings is 1. The van der Waals surface area contributed by atoms with Gasteiger partial charge in [0.15, 0.2) is 11.5 Å². The highest BCUT2D eigenvalue weighted by Gasteiger charge is 2.29. The lowest BCUT2D eigenvalue weighted by atomic mass is 10.2. The van der Waals surface area contributed by atoms with Crippen molar-refractivity contribution < 1.29 is 19.1 Å². The first kappa shape index (κ1) is 12.8. The molecular formula is C14H16N2O4. The average Bonchev–Trinajstić information content (AvgIpc) is 3.17. The Hall–Kier alpha value is -2.24. The molecule has 1 fully saturated rings. The molecule has 6 nitrogen and oxygen atoms in total. The zero-order valence-corrected chi connectivity index (χ0v) is 11.0. The van der Waals surface area contributed by atoms with Gasteiger partial charge in [-0.15, -0.1) is 0 Å². The molecule has 0 aromatic heterocycles. The molecule has 1 aromatic rings. The van der Waals surface area contributed by atoms with Crippen LogP contribution in [0.2, 0.25) is 0 Å². The predicted molar refractivity (Wildman–Crippen MR) is 71.5 cm³/mol. The number of hydrogen-bond acceptors (Lipinski definition) is 4. The van der Waals surface area contributed by atoms with Gasteiger partial charge in [-0.2, -0.15) is 0 Å². The lowest BCUT2D eigenvalue weighted by Gasteiger charge is -2.07. The Kier molecular flexibility index (Phi) is 3.45. The van der Waals surface area contributed by atoms with Gasteiger partial charge in [0.2, 0.25) is 18.6 Å². The third-order valence-electron chi connectivity index (χ3n) is 3.26. The Morgan fingerprint density at radius 2 is 2.00 bits per heavy atom. The lowest BCUT2D eigenvalue weighted by molar-refractivity contribution is -0.122. The van der Waals surface area contributed by atoms with Crippen molar-refractivity contribution in [2.24, 2.45) is 5.92 Å². The van der Waals surface area contributed by atoms with Crippen molar-refractivity contribution >= 4 is 17.5 Å². The van der Waals surface area contributed by atoms with Crippen molar-refractivity contribution in [3.05, 3.63) is 18.2 Å². The molecule has 1 aliphatic carbocycles. The van der Waals surface area contributed by atoms with Crippen molar-refractivity contribution in [3.8, 4) is 11.5 Å². The third kappa shape index (κ3) is 3.01. The molecule has 0 unspecified atom stereocenters. The van der Waals surface area contributed by atoms with E-state index < -0.39 is 0 Å². The van der Waals surface area contributed by atoms with Crippen LogP contribution in [0, 0.1) is 5.92 Å². The van der Waals surface area contributed by atoms with Crippen LogP contribution in [0.1, 0.15) is 19.3 Å². The summed E-state index contributed by atoms with van der Waals surface area (Å²) in [5.41, 5.74) is 0.660. The Bertz CT molecular complexity index is 540. The number of anilines is 1. The zero-order chi connectivity index (χ0) is 13.9. The Morgan fingerprint density at radius 3 is 2.80 bits per heavy atom. The fraction of sp³-hybridized carbons (Fsp3) is 0.429. The van der Waals surface area contributed by atoms with Crippen molar-refractivity contribution in [3.63, 3.8) is 0 Å². The van der Waals surface area contributed by atoms with Crippen LogP contribution in [0.5, 0.6) is 11.5 Å². The fourth-order valence-electron chi connectivity index (χ4n) is 1.99. The molecule has 0 atom stereocenters. The molecule has 2 aliphatic rings. The summed E-state index contributed by atoms with van der Waals surface area (Å²) in [5, 5.41) is 5.52. The predicted octanol–water partition coefficient (Wildman–Crippen LogP) is 1.27. The number of carbonyl (C=O) groups is 2. The Balaban J connectivity index is 1.45. The van der Waals surface area contributed by atoms with E-state index in [0.29, 0.717) is 23.7 Å². The molecule has 0 spiro atoms. The number of ether oxygens (including phenoxy) is 2. The van der Waals surface area contributed by atoms with E-state index in [1.54, 1.807) is 18.2 Å². The van der Waals surface area contributed by atoms with E-state index >= 15 is 0 Å². The van der Waals surface area contributed by atoms with Gasteiger partial charge in [-0.05, 0) is 25.0 Å². The van der Waals surface area contributed by atoms with Gasteiger partial charge >= 0.3 is 0 Å². The molecule has 2 N–H and O–H groups in total. The summed E-state index contributed by atoms with van der Waals surface area (Å²) in [5.74, 6) is 1.40. The van der Waals surface area contributed by atoms with Crippen molar-refractivity contribution in [1.82, 2.24) is 5.32 Å². The lowest BCUT2D eigenvalue weighted by Crippen LogP contribution is -2.28. The van der Waals surface area contributed by atoms with Crippen LogP contribution in [-0.4, -0.2) is 25.2 Å². The Labute approximate surface area is 116 Å². The Morgan fingerprint density at radius 1 is 1.20 bits per heavy atom. The van der Waals surface area contributed by atoms with Crippen LogP contribution >= 0.6 is 0 Å². The summed E-state index contributed by atoms with van der Waals surface area (Å²) in [6, 6.07) is 5.24. The molecule has 1 aliphatic heterocycles. The van der Waals surface area contributed by atoms with E-state index in [4.69, 9.17) is 9.47 Å². The summed E-state index contributed by atoms with van der Waals surface area (Å²) in [6.07, 6.45) is 2.19. The van der Waals surface area contributed by atoms with Crippen molar-refractivity contribution in [2.75, 3.05) is 18.7 Å². The van der Waals surface area contributed by atoms with Crippen LogP contribution < -0.4 is 20.1 Å². The third-order valence-corrected chi connectivity index (χ3v) is 3.26. The summed E-state index contributed by atoms with van der Waals surface area (Å²) in [6.45, 7) is 0.575. The van der Waals surface area contributed by atoms with Gasteiger partial charge in [0.1, 0.15) is 0 Å². The zero-order valence-electron chi connectivity index (χ0n) is 11.0. The van der Waals surface area contributed by atoms with Gasteiger partial charge < -0.3 is 20.1 Å².